The lowest BCUT2D eigenvalue weighted by Crippen LogP contribution is -2.50. The molecular formula is C13H20O7. The van der Waals surface area contributed by atoms with Gasteiger partial charge in [-0.25, -0.2) is 4.79 Å². The molecule has 0 spiro atoms. The Balaban J connectivity index is 2.55. The van der Waals surface area contributed by atoms with Crippen molar-refractivity contribution in [2.24, 2.45) is 5.92 Å². The number of esters is 1. The first-order valence-corrected chi connectivity index (χ1v) is 6.31. The number of methoxy groups -OCH3 is 3. The zero-order valence-corrected chi connectivity index (χ0v) is 12.0. The highest BCUT2D eigenvalue weighted by atomic mass is 16.8. The van der Waals surface area contributed by atoms with E-state index in [9.17, 15) is 15.0 Å². The van der Waals surface area contributed by atoms with Crippen LogP contribution in [0.4, 0.5) is 0 Å². The molecule has 0 radical (unpaired) electrons. The van der Waals surface area contributed by atoms with Crippen LogP contribution in [0.5, 0.6) is 0 Å². The van der Waals surface area contributed by atoms with Gasteiger partial charge >= 0.3 is 5.97 Å². The molecule has 2 N–H and O–H groups in total. The second-order valence-corrected chi connectivity index (χ2v) is 5.16. The van der Waals surface area contributed by atoms with Crippen LogP contribution in [0.25, 0.3) is 0 Å². The van der Waals surface area contributed by atoms with Crippen molar-refractivity contribution in [3.05, 3.63) is 11.1 Å². The Morgan fingerprint density at radius 1 is 1.35 bits per heavy atom. The Kier molecular flexibility index (Phi) is 4.17. The first-order valence-electron chi connectivity index (χ1n) is 6.31. The van der Waals surface area contributed by atoms with Gasteiger partial charge < -0.3 is 29.2 Å². The van der Waals surface area contributed by atoms with E-state index in [1.165, 1.54) is 28.3 Å². The number of aliphatic hydroxyl groups excluding tert-OH is 1. The standard InChI is InChI=1S/C13H20O7/c1-13(16)7(14)5-6-8(10(15)17-2)11(18-3)20-12(19-4)9(6)13/h7,9,11-12,14,16H,5H2,1-4H3/t7-,9+,11-,12+,13-/m0/s1. The fourth-order valence-electron chi connectivity index (χ4n) is 2.94. The van der Waals surface area contributed by atoms with Gasteiger partial charge in [-0.1, -0.05) is 0 Å². The minimum atomic E-state index is -1.45. The number of fused-ring (bicyclic) bond motifs is 1. The number of aliphatic hydroxyl groups is 2. The number of hydrogen-bond donors (Lipinski definition) is 2. The van der Waals surface area contributed by atoms with Crippen molar-refractivity contribution in [3.8, 4) is 0 Å². The summed E-state index contributed by atoms with van der Waals surface area (Å²) in [5, 5.41) is 20.5. The summed E-state index contributed by atoms with van der Waals surface area (Å²) >= 11 is 0. The van der Waals surface area contributed by atoms with Gasteiger partial charge in [0.15, 0.2) is 12.6 Å². The maximum absolute atomic E-state index is 11.9. The van der Waals surface area contributed by atoms with E-state index in [0.717, 1.165) is 0 Å². The summed E-state index contributed by atoms with van der Waals surface area (Å²) in [7, 11) is 4.08. The minimum absolute atomic E-state index is 0.144. The molecule has 114 valence electrons. The maximum Gasteiger partial charge on any atom is 0.338 e. The van der Waals surface area contributed by atoms with E-state index in [-0.39, 0.29) is 12.0 Å². The Hall–Kier alpha value is -0.990. The van der Waals surface area contributed by atoms with Crippen molar-refractivity contribution in [1.29, 1.82) is 0 Å². The molecule has 2 rings (SSSR count). The number of hydrogen-bond acceptors (Lipinski definition) is 7. The minimum Gasteiger partial charge on any atom is -0.466 e. The molecule has 1 fully saturated rings. The van der Waals surface area contributed by atoms with Gasteiger partial charge in [-0.2, -0.15) is 0 Å². The van der Waals surface area contributed by atoms with Gasteiger partial charge in [0, 0.05) is 14.2 Å². The fraction of sp³-hybridized carbons (Fsp3) is 0.769. The van der Waals surface area contributed by atoms with E-state index in [2.05, 4.69) is 0 Å². The second-order valence-electron chi connectivity index (χ2n) is 5.16. The molecule has 2 aliphatic rings. The summed E-state index contributed by atoms with van der Waals surface area (Å²) in [6.45, 7) is 1.49. The molecular weight excluding hydrogens is 268 g/mol. The molecule has 1 heterocycles. The first kappa shape index (κ1) is 15.4. The molecule has 0 bridgehead atoms. The van der Waals surface area contributed by atoms with E-state index in [0.29, 0.717) is 5.57 Å². The molecule has 1 aliphatic carbocycles. The summed E-state index contributed by atoms with van der Waals surface area (Å²) < 4.78 is 20.7. The predicted octanol–water partition coefficient (Wildman–Crippen LogP) is -0.437. The lowest BCUT2D eigenvalue weighted by atomic mass is 9.85. The molecule has 5 atom stereocenters. The second kappa shape index (κ2) is 5.42. The third-order valence-electron chi connectivity index (χ3n) is 4.06. The quantitative estimate of drug-likeness (QED) is 0.680. The summed E-state index contributed by atoms with van der Waals surface area (Å²) in [5.74, 6) is -1.25. The molecule has 0 aromatic heterocycles. The van der Waals surface area contributed by atoms with Gasteiger partial charge in [-0.15, -0.1) is 0 Å². The molecule has 7 nitrogen and oxygen atoms in total. The van der Waals surface area contributed by atoms with E-state index < -0.39 is 36.2 Å². The van der Waals surface area contributed by atoms with Crippen LogP contribution in [0.15, 0.2) is 11.1 Å². The maximum atomic E-state index is 11.9. The van der Waals surface area contributed by atoms with Gasteiger partial charge in [-0.3, -0.25) is 0 Å². The number of carbonyl (C=O) groups excluding carboxylic acids is 1. The third-order valence-corrected chi connectivity index (χ3v) is 4.06. The van der Waals surface area contributed by atoms with Crippen LogP contribution in [0.3, 0.4) is 0 Å². The van der Waals surface area contributed by atoms with Gasteiger partial charge in [0.1, 0.15) is 0 Å². The van der Waals surface area contributed by atoms with Crippen LogP contribution in [0.2, 0.25) is 0 Å². The van der Waals surface area contributed by atoms with Crippen molar-refractivity contribution in [1.82, 2.24) is 0 Å². The zero-order valence-electron chi connectivity index (χ0n) is 12.0. The van der Waals surface area contributed by atoms with Crippen molar-refractivity contribution < 1.29 is 34.0 Å². The number of ether oxygens (including phenoxy) is 4. The average Bonchev–Trinajstić information content (AvgIpc) is 2.67. The number of carbonyl (C=O) groups is 1. The highest BCUT2D eigenvalue weighted by Crippen LogP contribution is 2.48. The van der Waals surface area contributed by atoms with Gasteiger partial charge in [-0.05, 0) is 18.9 Å². The largest absolute Gasteiger partial charge is 0.466 e. The zero-order chi connectivity index (χ0) is 15.1. The van der Waals surface area contributed by atoms with Crippen LogP contribution >= 0.6 is 0 Å². The molecule has 1 aliphatic heterocycles. The van der Waals surface area contributed by atoms with Gasteiger partial charge in [0.05, 0.1) is 30.3 Å². The van der Waals surface area contributed by atoms with Crippen LogP contribution in [-0.4, -0.2) is 61.8 Å². The molecule has 0 unspecified atom stereocenters. The van der Waals surface area contributed by atoms with E-state index in [1.54, 1.807) is 0 Å². The van der Waals surface area contributed by atoms with Crippen LogP contribution in [0.1, 0.15) is 13.3 Å². The Morgan fingerprint density at radius 3 is 2.50 bits per heavy atom. The smallest absolute Gasteiger partial charge is 0.338 e. The van der Waals surface area contributed by atoms with Gasteiger partial charge in [0.25, 0.3) is 0 Å². The van der Waals surface area contributed by atoms with Crippen LogP contribution in [0, 0.1) is 5.92 Å². The Labute approximate surface area is 117 Å². The van der Waals surface area contributed by atoms with Crippen molar-refractivity contribution >= 4 is 5.97 Å². The van der Waals surface area contributed by atoms with E-state index in [4.69, 9.17) is 18.9 Å². The van der Waals surface area contributed by atoms with Crippen molar-refractivity contribution in [3.63, 3.8) is 0 Å². The topological polar surface area (TPSA) is 94.5 Å². The van der Waals surface area contributed by atoms with E-state index >= 15 is 0 Å². The summed E-state index contributed by atoms with van der Waals surface area (Å²) in [4.78, 5) is 11.9. The lowest BCUT2D eigenvalue weighted by Gasteiger charge is -2.39. The molecule has 0 amide bonds. The Morgan fingerprint density at radius 2 is 2.00 bits per heavy atom. The molecule has 0 aromatic rings. The van der Waals surface area contributed by atoms with Gasteiger partial charge in [0.2, 0.25) is 0 Å². The molecule has 1 saturated carbocycles. The summed E-state index contributed by atoms with van der Waals surface area (Å²) in [6, 6.07) is 0. The molecule has 7 heteroatoms. The van der Waals surface area contributed by atoms with Crippen molar-refractivity contribution in [2.75, 3.05) is 21.3 Å². The Bertz CT molecular complexity index is 428. The number of rotatable bonds is 3. The average molecular weight is 288 g/mol. The normalized spacial score (nSPS) is 40.7. The van der Waals surface area contributed by atoms with E-state index in [1.807, 2.05) is 0 Å². The highest BCUT2D eigenvalue weighted by Gasteiger charge is 2.57. The predicted molar refractivity (Wildman–Crippen MR) is 66.5 cm³/mol. The summed E-state index contributed by atoms with van der Waals surface area (Å²) in [6.07, 6.45) is -2.63. The first-order chi connectivity index (χ1) is 9.38. The fourth-order valence-corrected chi connectivity index (χ4v) is 2.94. The molecule has 0 aromatic carbocycles. The van der Waals surface area contributed by atoms with Crippen LogP contribution in [-0.2, 0) is 23.7 Å². The molecule has 0 saturated heterocycles. The SMILES string of the molecule is COC(=O)C1=C2C[C@H](O)[C@](C)(O)[C@H]2[C@H](OC)O[C@@H]1OC. The lowest BCUT2D eigenvalue weighted by molar-refractivity contribution is -0.260. The van der Waals surface area contributed by atoms with Crippen LogP contribution < -0.4 is 0 Å². The monoisotopic (exact) mass is 288 g/mol. The highest BCUT2D eigenvalue weighted by molar-refractivity contribution is 5.90. The molecule has 20 heavy (non-hydrogen) atoms. The summed E-state index contributed by atoms with van der Waals surface area (Å²) in [5.41, 5.74) is -0.710. The third kappa shape index (κ3) is 2.15. The van der Waals surface area contributed by atoms with Crippen molar-refractivity contribution in [2.45, 2.75) is 37.6 Å².